The lowest BCUT2D eigenvalue weighted by atomic mass is 10.2. The van der Waals surface area contributed by atoms with Crippen LogP contribution in [0.2, 0.25) is 0 Å². The smallest absolute Gasteiger partial charge is 0.416 e. The molecule has 0 unspecified atom stereocenters. The van der Waals surface area contributed by atoms with E-state index >= 15 is 0 Å². The van der Waals surface area contributed by atoms with Crippen LogP contribution in [0.15, 0.2) is 22.6 Å². The Kier molecular flexibility index (Phi) is 1.88. The molecule has 1 aromatic carbocycles. The molecule has 0 spiro atoms. The van der Waals surface area contributed by atoms with Crippen LogP contribution < -0.4 is 0 Å². The minimum absolute atomic E-state index is 0.0688. The first-order chi connectivity index (χ1) is 6.47. The van der Waals surface area contributed by atoms with Crippen LogP contribution >= 0.6 is 12.2 Å². The minimum Gasteiger partial charge on any atom is -0.429 e. The predicted molar refractivity (Wildman–Crippen MR) is 46.4 cm³/mol. The van der Waals surface area contributed by atoms with Crippen molar-refractivity contribution >= 4 is 23.3 Å². The molecule has 14 heavy (non-hydrogen) atoms. The normalized spacial score (nSPS) is 12.2. The number of hydrogen-bond acceptors (Lipinski definition) is 2. The van der Waals surface area contributed by atoms with E-state index < -0.39 is 11.7 Å². The molecule has 0 saturated carbocycles. The van der Waals surface area contributed by atoms with E-state index in [1.54, 1.807) is 0 Å². The maximum Gasteiger partial charge on any atom is 0.416 e. The number of halogens is 3. The number of aromatic nitrogens is 1. The lowest BCUT2D eigenvalue weighted by Crippen LogP contribution is -2.03. The summed E-state index contributed by atoms with van der Waals surface area (Å²) in [6.45, 7) is 0. The highest BCUT2D eigenvalue weighted by Crippen LogP contribution is 2.31. The summed E-state index contributed by atoms with van der Waals surface area (Å²) < 4.78 is 41.6. The number of hydrogen-bond donors (Lipinski definition) is 1. The van der Waals surface area contributed by atoms with Crippen LogP contribution in [0, 0.1) is 4.84 Å². The first-order valence-electron chi connectivity index (χ1n) is 3.67. The maximum atomic E-state index is 12.2. The number of rotatable bonds is 0. The zero-order valence-corrected chi connectivity index (χ0v) is 7.50. The van der Waals surface area contributed by atoms with Crippen molar-refractivity contribution < 1.29 is 17.6 Å². The second-order valence-electron chi connectivity index (χ2n) is 2.72. The van der Waals surface area contributed by atoms with Gasteiger partial charge in [-0.2, -0.15) is 13.2 Å². The van der Waals surface area contributed by atoms with Gasteiger partial charge in [0, 0.05) is 0 Å². The molecule has 0 saturated heterocycles. The number of benzene rings is 1. The van der Waals surface area contributed by atoms with Crippen LogP contribution in [0.3, 0.4) is 0 Å². The van der Waals surface area contributed by atoms with E-state index in [1.165, 1.54) is 6.07 Å². The van der Waals surface area contributed by atoms with E-state index in [9.17, 15) is 13.2 Å². The van der Waals surface area contributed by atoms with Gasteiger partial charge in [0.05, 0.1) is 11.1 Å². The van der Waals surface area contributed by atoms with Gasteiger partial charge in [-0.1, -0.05) is 0 Å². The first kappa shape index (κ1) is 9.26. The Labute approximate surface area is 81.3 Å². The van der Waals surface area contributed by atoms with Crippen LogP contribution in [-0.2, 0) is 6.18 Å². The molecule has 2 aromatic rings. The average molecular weight is 219 g/mol. The van der Waals surface area contributed by atoms with Gasteiger partial charge in [-0.15, -0.1) is 0 Å². The van der Waals surface area contributed by atoms with Crippen molar-refractivity contribution in [1.82, 2.24) is 4.98 Å². The van der Waals surface area contributed by atoms with E-state index in [4.69, 9.17) is 4.42 Å². The second-order valence-corrected chi connectivity index (χ2v) is 3.09. The Morgan fingerprint density at radius 1 is 1.29 bits per heavy atom. The first-order valence-corrected chi connectivity index (χ1v) is 4.08. The molecule has 0 fully saturated rings. The topological polar surface area (TPSA) is 28.9 Å². The molecule has 0 aliphatic carbocycles. The van der Waals surface area contributed by atoms with Crippen molar-refractivity contribution in [3.63, 3.8) is 0 Å². The fourth-order valence-corrected chi connectivity index (χ4v) is 1.32. The third kappa shape index (κ3) is 1.52. The number of fused-ring (bicyclic) bond motifs is 1. The summed E-state index contributed by atoms with van der Waals surface area (Å²) in [4.78, 5) is 2.69. The van der Waals surface area contributed by atoms with Gasteiger partial charge in [-0.25, -0.2) is 0 Å². The molecule has 6 heteroatoms. The van der Waals surface area contributed by atoms with Gasteiger partial charge in [-0.3, -0.25) is 0 Å². The highest BCUT2D eigenvalue weighted by molar-refractivity contribution is 7.71. The lowest BCUT2D eigenvalue weighted by Gasteiger charge is -2.04. The quantitative estimate of drug-likeness (QED) is 0.687. The van der Waals surface area contributed by atoms with Gasteiger partial charge in [0.2, 0.25) is 0 Å². The molecular formula is C8H4F3NOS. The number of alkyl halides is 3. The Morgan fingerprint density at radius 2 is 2.00 bits per heavy atom. The molecule has 74 valence electrons. The summed E-state index contributed by atoms with van der Waals surface area (Å²) in [5.41, 5.74) is -0.171. The molecule has 1 heterocycles. The van der Waals surface area contributed by atoms with Gasteiger partial charge >= 0.3 is 6.18 Å². The predicted octanol–water partition coefficient (Wildman–Crippen LogP) is 3.51. The van der Waals surface area contributed by atoms with Crippen molar-refractivity contribution in [1.29, 1.82) is 0 Å². The van der Waals surface area contributed by atoms with Gasteiger partial charge < -0.3 is 9.40 Å². The molecule has 0 atom stereocenters. The Bertz CT molecular complexity index is 525. The molecule has 0 aliphatic heterocycles. The summed E-state index contributed by atoms with van der Waals surface area (Å²) >= 11 is 4.65. The number of nitrogens with one attached hydrogen (secondary N) is 1. The Balaban J connectivity index is 2.67. The highest BCUT2D eigenvalue weighted by atomic mass is 32.1. The molecule has 0 amide bonds. The minimum atomic E-state index is -4.36. The zero-order valence-electron chi connectivity index (χ0n) is 6.68. The van der Waals surface area contributed by atoms with Gasteiger partial charge in [-0.05, 0) is 30.4 Å². The van der Waals surface area contributed by atoms with E-state index in [0.717, 1.165) is 12.1 Å². The van der Waals surface area contributed by atoms with E-state index in [1.807, 2.05) is 0 Å². The van der Waals surface area contributed by atoms with Crippen LogP contribution in [-0.4, -0.2) is 4.98 Å². The van der Waals surface area contributed by atoms with E-state index in [0.29, 0.717) is 5.52 Å². The largest absolute Gasteiger partial charge is 0.429 e. The molecule has 1 aromatic heterocycles. The summed E-state index contributed by atoms with van der Waals surface area (Å²) in [5, 5.41) is 0. The summed E-state index contributed by atoms with van der Waals surface area (Å²) in [6, 6.07) is 3.18. The fraction of sp³-hybridized carbons (Fsp3) is 0.125. The zero-order chi connectivity index (χ0) is 10.3. The molecule has 2 rings (SSSR count). The van der Waals surface area contributed by atoms with Gasteiger partial charge in [0.1, 0.15) is 0 Å². The van der Waals surface area contributed by atoms with E-state index in [2.05, 4.69) is 17.2 Å². The molecule has 0 bridgehead atoms. The lowest BCUT2D eigenvalue weighted by molar-refractivity contribution is -0.137. The second kappa shape index (κ2) is 2.84. The van der Waals surface area contributed by atoms with E-state index in [-0.39, 0.29) is 10.4 Å². The van der Waals surface area contributed by atoms with Crippen LogP contribution in [0.25, 0.3) is 11.1 Å². The Morgan fingerprint density at radius 3 is 2.64 bits per heavy atom. The fourth-order valence-electron chi connectivity index (χ4n) is 1.12. The average Bonchev–Trinajstić information content (AvgIpc) is 2.41. The maximum absolute atomic E-state index is 12.2. The standard InChI is InChI=1S/C8H4F3NOS/c9-8(10,11)4-1-2-5-6(3-4)13-7(14)12-5/h1-3H,(H,12,14). The third-order valence-electron chi connectivity index (χ3n) is 1.75. The molecular weight excluding hydrogens is 215 g/mol. The van der Waals surface area contributed by atoms with Crippen LogP contribution in [0.1, 0.15) is 5.56 Å². The SMILES string of the molecule is FC(F)(F)c1ccc2[nH]c(=S)oc2c1. The van der Waals surface area contributed by atoms with Crippen molar-refractivity contribution in [3.8, 4) is 0 Å². The third-order valence-corrected chi connectivity index (χ3v) is 1.93. The van der Waals surface area contributed by atoms with Crippen molar-refractivity contribution in [2.75, 3.05) is 0 Å². The van der Waals surface area contributed by atoms with Crippen molar-refractivity contribution in [2.45, 2.75) is 6.18 Å². The van der Waals surface area contributed by atoms with Crippen LogP contribution in [0.5, 0.6) is 0 Å². The molecule has 2 nitrogen and oxygen atoms in total. The summed E-state index contributed by atoms with van der Waals surface area (Å²) in [5.74, 6) is 0. The summed E-state index contributed by atoms with van der Waals surface area (Å²) in [6.07, 6.45) is -4.36. The molecule has 1 N–H and O–H groups in total. The number of H-pyrrole nitrogens is 1. The van der Waals surface area contributed by atoms with Crippen molar-refractivity contribution in [3.05, 3.63) is 28.6 Å². The van der Waals surface area contributed by atoms with Crippen LogP contribution in [0.4, 0.5) is 13.2 Å². The van der Waals surface area contributed by atoms with Gasteiger partial charge in [0.25, 0.3) is 4.84 Å². The molecule has 0 aliphatic rings. The highest BCUT2D eigenvalue weighted by Gasteiger charge is 2.30. The molecule has 0 radical (unpaired) electrons. The Hall–Kier alpha value is -1.30. The number of oxazole rings is 1. The van der Waals surface area contributed by atoms with Crippen molar-refractivity contribution in [2.24, 2.45) is 0 Å². The summed E-state index contributed by atoms with van der Waals surface area (Å²) in [7, 11) is 0. The monoisotopic (exact) mass is 219 g/mol. The van der Waals surface area contributed by atoms with Gasteiger partial charge in [0.15, 0.2) is 5.58 Å². The number of aromatic amines is 1.